The number of methoxy groups -OCH3 is 1. The molecule has 0 bridgehead atoms. The number of benzene rings is 1. The minimum absolute atomic E-state index is 0.342. The van der Waals surface area contributed by atoms with Gasteiger partial charge in [-0.25, -0.2) is 0 Å². The highest BCUT2D eigenvalue weighted by Gasteiger charge is 2.25. The van der Waals surface area contributed by atoms with Gasteiger partial charge in [0.25, 0.3) is 0 Å². The van der Waals surface area contributed by atoms with Crippen LogP contribution in [0.4, 0.5) is 11.4 Å². The molecule has 3 heteroatoms. The molecule has 0 heterocycles. The Morgan fingerprint density at radius 1 is 1.17 bits per heavy atom. The van der Waals surface area contributed by atoms with Crippen LogP contribution in [0.3, 0.4) is 0 Å². The van der Waals surface area contributed by atoms with E-state index in [1.54, 1.807) is 0 Å². The van der Waals surface area contributed by atoms with Crippen LogP contribution in [0.15, 0.2) is 24.3 Å². The fraction of sp³-hybridized carbons (Fsp3) is 0.600. The summed E-state index contributed by atoms with van der Waals surface area (Å²) in [5, 5.41) is 3.67. The summed E-state index contributed by atoms with van der Waals surface area (Å²) in [5.74, 6) is 0. The largest absolute Gasteiger partial charge is 0.379 e. The second-order valence-corrected chi connectivity index (χ2v) is 5.22. The van der Waals surface area contributed by atoms with Gasteiger partial charge in [0.05, 0.1) is 23.5 Å². The van der Waals surface area contributed by atoms with Crippen molar-refractivity contribution < 1.29 is 4.74 Å². The molecular weight excluding hydrogens is 224 g/mol. The van der Waals surface area contributed by atoms with Gasteiger partial charge in [-0.1, -0.05) is 25.0 Å². The lowest BCUT2D eigenvalue weighted by atomic mass is 9.92. The smallest absolute Gasteiger partial charge is 0.0772 e. The van der Waals surface area contributed by atoms with Gasteiger partial charge in [-0.05, 0) is 25.0 Å². The lowest BCUT2D eigenvalue weighted by molar-refractivity contribution is 0.0606. The summed E-state index contributed by atoms with van der Waals surface area (Å²) in [6.07, 6.45) is 5.28. The summed E-state index contributed by atoms with van der Waals surface area (Å²) in [7, 11) is 5.98. The van der Waals surface area contributed by atoms with Crippen molar-refractivity contribution in [1.82, 2.24) is 0 Å². The molecule has 0 aliphatic heterocycles. The van der Waals surface area contributed by atoms with Crippen LogP contribution >= 0.6 is 0 Å². The van der Waals surface area contributed by atoms with Crippen LogP contribution in [0.5, 0.6) is 0 Å². The van der Waals surface area contributed by atoms with E-state index in [0.717, 1.165) is 6.42 Å². The van der Waals surface area contributed by atoms with E-state index >= 15 is 0 Å². The molecule has 1 saturated carbocycles. The van der Waals surface area contributed by atoms with E-state index in [1.165, 1.54) is 30.6 Å². The SMILES string of the molecule is COC1CCCCC1Nc1ccccc1N(C)C. The van der Waals surface area contributed by atoms with Crippen molar-refractivity contribution in [3.63, 3.8) is 0 Å². The maximum Gasteiger partial charge on any atom is 0.0772 e. The number of hydrogen-bond acceptors (Lipinski definition) is 3. The Hall–Kier alpha value is -1.22. The molecule has 1 fully saturated rings. The summed E-state index contributed by atoms with van der Waals surface area (Å²) >= 11 is 0. The molecule has 0 amide bonds. The standard InChI is InChI=1S/C15H24N2O/c1-17(2)14-10-6-4-8-12(14)16-13-9-5-7-11-15(13)18-3/h4,6,8,10,13,15-16H,5,7,9,11H2,1-3H3. The lowest BCUT2D eigenvalue weighted by Gasteiger charge is -2.33. The Balaban J connectivity index is 2.12. The summed E-state index contributed by atoms with van der Waals surface area (Å²) < 4.78 is 5.60. The van der Waals surface area contributed by atoms with Gasteiger partial charge in [0.1, 0.15) is 0 Å². The van der Waals surface area contributed by atoms with Crippen molar-refractivity contribution in [2.75, 3.05) is 31.4 Å². The van der Waals surface area contributed by atoms with Crippen molar-refractivity contribution in [2.45, 2.75) is 37.8 Å². The second-order valence-electron chi connectivity index (χ2n) is 5.22. The predicted molar refractivity (Wildman–Crippen MR) is 77.4 cm³/mol. The first-order chi connectivity index (χ1) is 8.72. The van der Waals surface area contributed by atoms with Crippen molar-refractivity contribution in [3.8, 4) is 0 Å². The van der Waals surface area contributed by atoms with Crippen molar-refractivity contribution >= 4 is 11.4 Å². The number of nitrogens with one attached hydrogen (secondary N) is 1. The third-order valence-corrected chi connectivity index (χ3v) is 3.73. The molecule has 0 aromatic heterocycles. The molecule has 100 valence electrons. The Kier molecular flexibility index (Phi) is 4.48. The lowest BCUT2D eigenvalue weighted by Crippen LogP contribution is -2.38. The topological polar surface area (TPSA) is 24.5 Å². The average molecular weight is 248 g/mol. The Labute approximate surface area is 110 Å². The van der Waals surface area contributed by atoms with Gasteiger partial charge >= 0.3 is 0 Å². The number of ether oxygens (including phenoxy) is 1. The van der Waals surface area contributed by atoms with E-state index in [2.05, 4.69) is 48.6 Å². The number of hydrogen-bond donors (Lipinski definition) is 1. The number of para-hydroxylation sites is 2. The summed E-state index contributed by atoms with van der Waals surface area (Å²) in [6, 6.07) is 8.89. The molecule has 1 aliphatic carbocycles. The van der Waals surface area contributed by atoms with Crippen LogP contribution in [0.1, 0.15) is 25.7 Å². The van der Waals surface area contributed by atoms with Crippen LogP contribution in [0.2, 0.25) is 0 Å². The van der Waals surface area contributed by atoms with Crippen molar-refractivity contribution in [3.05, 3.63) is 24.3 Å². The van der Waals surface area contributed by atoms with Crippen LogP contribution < -0.4 is 10.2 Å². The van der Waals surface area contributed by atoms with Crippen LogP contribution in [0, 0.1) is 0 Å². The van der Waals surface area contributed by atoms with Gasteiger partial charge in [0.2, 0.25) is 0 Å². The third-order valence-electron chi connectivity index (χ3n) is 3.73. The Morgan fingerprint density at radius 2 is 1.89 bits per heavy atom. The molecule has 0 radical (unpaired) electrons. The zero-order chi connectivity index (χ0) is 13.0. The molecule has 18 heavy (non-hydrogen) atoms. The number of rotatable bonds is 4. The van der Waals surface area contributed by atoms with E-state index < -0.39 is 0 Å². The van der Waals surface area contributed by atoms with E-state index in [0.29, 0.717) is 12.1 Å². The minimum Gasteiger partial charge on any atom is -0.379 e. The monoisotopic (exact) mass is 248 g/mol. The minimum atomic E-state index is 0.342. The molecule has 0 spiro atoms. The molecule has 1 N–H and O–H groups in total. The molecule has 1 aromatic rings. The first-order valence-electron chi connectivity index (χ1n) is 6.78. The number of nitrogens with zero attached hydrogens (tertiary/aromatic N) is 1. The van der Waals surface area contributed by atoms with E-state index in [9.17, 15) is 0 Å². The van der Waals surface area contributed by atoms with E-state index in [-0.39, 0.29) is 0 Å². The highest BCUT2D eigenvalue weighted by molar-refractivity contribution is 5.69. The van der Waals surface area contributed by atoms with Gasteiger partial charge in [-0.15, -0.1) is 0 Å². The highest BCUT2D eigenvalue weighted by atomic mass is 16.5. The molecule has 2 atom stereocenters. The molecule has 1 aliphatic rings. The molecule has 0 saturated heterocycles. The van der Waals surface area contributed by atoms with Crippen molar-refractivity contribution in [1.29, 1.82) is 0 Å². The van der Waals surface area contributed by atoms with E-state index in [4.69, 9.17) is 4.74 Å². The molecule has 3 nitrogen and oxygen atoms in total. The fourth-order valence-electron chi connectivity index (χ4n) is 2.73. The average Bonchev–Trinajstić information content (AvgIpc) is 2.40. The molecule has 1 aromatic carbocycles. The van der Waals surface area contributed by atoms with Crippen LogP contribution in [0.25, 0.3) is 0 Å². The van der Waals surface area contributed by atoms with Gasteiger partial charge < -0.3 is 15.0 Å². The Morgan fingerprint density at radius 3 is 2.61 bits per heavy atom. The van der Waals surface area contributed by atoms with E-state index in [1.807, 2.05) is 7.11 Å². The predicted octanol–water partition coefficient (Wildman–Crippen LogP) is 3.12. The first kappa shape index (κ1) is 13.2. The molecule has 2 unspecified atom stereocenters. The zero-order valence-corrected chi connectivity index (χ0v) is 11.6. The highest BCUT2D eigenvalue weighted by Crippen LogP contribution is 2.29. The number of anilines is 2. The fourth-order valence-corrected chi connectivity index (χ4v) is 2.73. The summed E-state index contributed by atoms with van der Waals surface area (Å²) in [4.78, 5) is 2.15. The van der Waals surface area contributed by atoms with Gasteiger partial charge in [-0.3, -0.25) is 0 Å². The van der Waals surface area contributed by atoms with Gasteiger partial charge in [0, 0.05) is 21.2 Å². The maximum atomic E-state index is 5.60. The van der Waals surface area contributed by atoms with Crippen LogP contribution in [-0.4, -0.2) is 33.4 Å². The summed E-state index contributed by atoms with van der Waals surface area (Å²) in [6.45, 7) is 0. The first-order valence-corrected chi connectivity index (χ1v) is 6.78. The van der Waals surface area contributed by atoms with Gasteiger partial charge in [0.15, 0.2) is 0 Å². The Bertz CT molecular complexity index is 379. The van der Waals surface area contributed by atoms with Crippen molar-refractivity contribution in [2.24, 2.45) is 0 Å². The maximum absolute atomic E-state index is 5.60. The normalized spacial score (nSPS) is 23.7. The summed E-state index contributed by atoms with van der Waals surface area (Å²) in [5.41, 5.74) is 2.44. The van der Waals surface area contributed by atoms with Crippen LogP contribution in [-0.2, 0) is 4.74 Å². The van der Waals surface area contributed by atoms with Gasteiger partial charge in [-0.2, -0.15) is 0 Å². The zero-order valence-electron chi connectivity index (χ0n) is 11.6. The quantitative estimate of drug-likeness (QED) is 0.886. The molecule has 2 rings (SSSR count). The third kappa shape index (κ3) is 2.96. The second kappa shape index (κ2) is 6.10. The molecular formula is C15H24N2O.